The maximum Gasteiger partial charge on any atom is 0.449 e. The molecule has 0 aliphatic carbocycles. The van der Waals surface area contributed by atoms with Crippen LogP contribution >= 0.6 is 0 Å². The van der Waals surface area contributed by atoms with Gasteiger partial charge in [-0.1, -0.05) is 6.92 Å². The van der Waals surface area contributed by atoms with Crippen molar-refractivity contribution in [1.82, 2.24) is 14.9 Å². The largest absolute Gasteiger partial charge is 0.449 e. The lowest BCUT2D eigenvalue weighted by Crippen LogP contribution is -2.26. The van der Waals surface area contributed by atoms with Gasteiger partial charge in [0.05, 0.1) is 5.69 Å². The first kappa shape index (κ1) is 14.5. The van der Waals surface area contributed by atoms with Gasteiger partial charge in [0.25, 0.3) is 0 Å². The van der Waals surface area contributed by atoms with Gasteiger partial charge in [0.1, 0.15) is 0 Å². The van der Waals surface area contributed by atoms with Gasteiger partial charge < -0.3 is 9.88 Å². The van der Waals surface area contributed by atoms with Crippen LogP contribution in [0.15, 0.2) is 0 Å². The van der Waals surface area contributed by atoms with Gasteiger partial charge in [-0.25, -0.2) is 4.98 Å². The Morgan fingerprint density at radius 1 is 1.47 bits per heavy atom. The molecule has 4 nitrogen and oxygen atoms in total. The SMILES string of the molecule is CCS(=O)CCn1c(C(F)(F)F)nc2c1CCNC2. The maximum atomic E-state index is 13.0. The molecule has 108 valence electrons. The smallest absolute Gasteiger partial charge is 0.323 e. The maximum absolute atomic E-state index is 13.0. The van der Waals surface area contributed by atoms with Crippen LogP contribution in [0.25, 0.3) is 0 Å². The van der Waals surface area contributed by atoms with Crippen LogP contribution in [-0.4, -0.2) is 31.8 Å². The van der Waals surface area contributed by atoms with Crippen LogP contribution < -0.4 is 5.32 Å². The minimum absolute atomic E-state index is 0.109. The van der Waals surface area contributed by atoms with Crippen LogP contribution in [0.2, 0.25) is 0 Å². The quantitative estimate of drug-likeness (QED) is 0.911. The van der Waals surface area contributed by atoms with Crippen molar-refractivity contribution >= 4 is 10.8 Å². The van der Waals surface area contributed by atoms with Crippen LogP contribution in [0.5, 0.6) is 0 Å². The number of rotatable bonds is 4. The van der Waals surface area contributed by atoms with Crippen molar-refractivity contribution in [2.45, 2.75) is 32.6 Å². The Bertz CT molecular complexity index is 484. The minimum atomic E-state index is -4.47. The number of aromatic nitrogens is 2. The predicted octanol–water partition coefficient (Wildman–Crippen LogP) is 1.32. The zero-order valence-corrected chi connectivity index (χ0v) is 11.4. The fourth-order valence-electron chi connectivity index (χ4n) is 2.17. The van der Waals surface area contributed by atoms with Crippen molar-refractivity contribution in [2.75, 3.05) is 18.1 Å². The fraction of sp³-hybridized carbons (Fsp3) is 0.727. The Hall–Kier alpha value is -0.890. The van der Waals surface area contributed by atoms with E-state index in [1.165, 1.54) is 4.57 Å². The summed E-state index contributed by atoms with van der Waals surface area (Å²) in [4.78, 5) is 3.70. The van der Waals surface area contributed by atoms with Gasteiger partial charge in [-0.15, -0.1) is 0 Å². The van der Waals surface area contributed by atoms with Gasteiger partial charge in [-0.05, 0) is 0 Å². The van der Waals surface area contributed by atoms with Crippen LogP contribution in [0.4, 0.5) is 13.2 Å². The molecule has 1 aromatic rings. The first-order valence-electron chi connectivity index (χ1n) is 6.14. The highest BCUT2D eigenvalue weighted by Crippen LogP contribution is 2.31. The topological polar surface area (TPSA) is 46.9 Å². The standard InChI is InChI=1S/C11H16F3N3OS/c1-2-19(18)6-5-17-9-3-4-15-7-8(9)16-10(17)11(12,13)14/h15H,2-7H2,1H3. The van der Waals surface area contributed by atoms with E-state index in [1.807, 2.05) is 0 Å². The molecule has 0 fully saturated rings. The molecule has 1 unspecified atom stereocenters. The molecule has 0 aromatic carbocycles. The molecule has 2 heterocycles. The summed E-state index contributed by atoms with van der Waals surface area (Å²) in [6.07, 6.45) is -3.94. The van der Waals surface area contributed by atoms with E-state index >= 15 is 0 Å². The highest BCUT2D eigenvalue weighted by Gasteiger charge is 2.39. The fourth-order valence-corrected chi connectivity index (χ4v) is 2.84. The molecule has 0 bridgehead atoms. The van der Waals surface area contributed by atoms with Crippen molar-refractivity contribution in [3.05, 3.63) is 17.2 Å². The van der Waals surface area contributed by atoms with E-state index in [1.54, 1.807) is 6.92 Å². The number of fused-ring (bicyclic) bond motifs is 1. The summed E-state index contributed by atoms with van der Waals surface area (Å²) in [6.45, 7) is 2.88. The molecule has 1 N–H and O–H groups in total. The number of hydrogen-bond acceptors (Lipinski definition) is 3. The lowest BCUT2D eigenvalue weighted by atomic mass is 10.2. The summed E-state index contributed by atoms with van der Waals surface area (Å²) in [5.41, 5.74) is 1.08. The number of alkyl halides is 3. The normalized spacial score (nSPS) is 17.3. The van der Waals surface area contributed by atoms with Gasteiger partial charge in [0.15, 0.2) is 0 Å². The van der Waals surface area contributed by atoms with Gasteiger partial charge in [0, 0.05) is 54.1 Å². The molecule has 1 aliphatic rings. The number of hydrogen-bond donors (Lipinski definition) is 1. The molecule has 0 spiro atoms. The molecule has 1 aliphatic heterocycles. The van der Waals surface area contributed by atoms with Crippen molar-refractivity contribution in [1.29, 1.82) is 0 Å². The lowest BCUT2D eigenvalue weighted by molar-refractivity contribution is -0.147. The number of nitrogens with one attached hydrogen (secondary N) is 1. The van der Waals surface area contributed by atoms with Crippen molar-refractivity contribution < 1.29 is 17.4 Å². The summed E-state index contributed by atoms with van der Waals surface area (Å²) >= 11 is 0. The third-order valence-corrected chi connectivity index (χ3v) is 4.39. The second-order valence-corrected chi connectivity index (χ2v) is 6.20. The highest BCUT2D eigenvalue weighted by atomic mass is 32.2. The molecule has 0 saturated carbocycles. The minimum Gasteiger partial charge on any atom is -0.323 e. The monoisotopic (exact) mass is 295 g/mol. The average Bonchev–Trinajstić information content (AvgIpc) is 2.74. The Balaban J connectivity index is 2.32. The molecular formula is C11H16F3N3OS. The van der Waals surface area contributed by atoms with E-state index in [9.17, 15) is 17.4 Å². The number of imidazole rings is 1. The molecule has 0 radical (unpaired) electrons. The Morgan fingerprint density at radius 2 is 2.21 bits per heavy atom. The van der Waals surface area contributed by atoms with Crippen LogP contribution in [-0.2, 0) is 36.5 Å². The zero-order valence-electron chi connectivity index (χ0n) is 10.6. The highest BCUT2D eigenvalue weighted by molar-refractivity contribution is 7.84. The molecule has 1 aromatic heterocycles. The third kappa shape index (κ3) is 3.17. The van der Waals surface area contributed by atoms with Gasteiger partial charge >= 0.3 is 6.18 Å². The second kappa shape index (κ2) is 5.62. The number of halogens is 3. The molecule has 19 heavy (non-hydrogen) atoms. The van der Waals surface area contributed by atoms with Crippen LogP contribution in [0, 0.1) is 0 Å². The van der Waals surface area contributed by atoms with E-state index in [2.05, 4.69) is 10.3 Å². The van der Waals surface area contributed by atoms with Crippen molar-refractivity contribution in [2.24, 2.45) is 0 Å². The van der Waals surface area contributed by atoms with E-state index in [0.29, 0.717) is 36.7 Å². The summed E-state index contributed by atoms with van der Waals surface area (Å²) in [5, 5.41) is 3.01. The van der Waals surface area contributed by atoms with Gasteiger partial charge in [-0.3, -0.25) is 4.21 Å². The number of nitrogens with zero attached hydrogens (tertiary/aromatic N) is 2. The summed E-state index contributed by atoms with van der Waals surface area (Å²) < 4.78 is 51.5. The average molecular weight is 295 g/mol. The first-order valence-corrected chi connectivity index (χ1v) is 7.63. The first-order chi connectivity index (χ1) is 8.93. The third-order valence-electron chi connectivity index (χ3n) is 3.10. The van der Waals surface area contributed by atoms with Crippen molar-refractivity contribution in [3.8, 4) is 0 Å². The Morgan fingerprint density at radius 3 is 2.84 bits per heavy atom. The predicted molar refractivity (Wildman–Crippen MR) is 66.2 cm³/mol. The van der Waals surface area contributed by atoms with Gasteiger partial charge in [-0.2, -0.15) is 13.2 Å². The summed E-state index contributed by atoms with van der Waals surface area (Å²) in [5.74, 6) is -0.176. The van der Waals surface area contributed by atoms with Crippen molar-refractivity contribution in [3.63, 3.8) is 0 Å². The van der Waals surface area contributed by atoms with E-state index < -0.39 is 22.8 Å². The molecular weight excluding hydrogens is 279 g/mol. The summed E-state index contributed by atoms with van der Waals surface area (Å²) in [7, 11) is -1.08. The Labute approximate surface area is 111 Å². The lowest BCUT2D eigenvalue weighted by Gasteiger charge is -2.16. The molecule has 0 saturated heterocycles. The van der Waals surface area contributed by atoms with Crippen LogP contribution in [0.3, 0.4) is 0 Å². The molecule has 1 atom stereocenters. The van der Waals surface area contributed by atoms with E-state index in [0.717, 1.165) is 0 Å². The van der Waals surface area contributed by atoms with E-state index in [4.69, 9.17) is 0 Å². The van der Waals surface area contributed by atoms with Crippen LogP contribution in [0.1, 0.15) is 24.1 Å². The van der Waals surface area contributed by atoms with E-state index in [-0.39, 0.29) is 12.3 Å². The molecule has 8 heteroatoms. The Kier molecular flexibility index (Phi) is 4.29. The molecule has 2 rings (SSSR count). The summed E-state index contributed by atoms with van der Waals surface area (Å²) in [6, 6.07) is 0. The second-order valence-electron chi connectivity index (χ2n) is 4.34. The van der Waals surface area contributed by atoms with Gasteiger partial charge in [0.2, 0.25) is 5.82 Å². The zero-order chi connectivity index (χ0) is 14.0. The molecule has 0 amide bonds.